The van der Waals surface area contributed by atoms with Crippen molar-refractivity contribution in [3.05, 3.63) is 18.0 Å². The smallest absolute Gasteiger partial charge is 0.0643 e. The Morgan fingerprint density at radius 3 is 2.80 bits per heavy atom. The van der Waals surface area contributed by atoms with Gasteiger partial charge < -0.3 is 5.73 Å². The lowest BCUT2D eigenvalue weighted by atomic mass is 9.91. The summed E-state index contributed by atoms with van der Waals surface area (Å²) >= 11 is 0. The van der Waals surface area contributed by atoms with Crippen LogP contribution in [0.1, 0.15) is 76.4 Å². The summed E-state index contributed by atoms with van der Waals surface area (Å²) < 4.78 is 2.21. The van der Waals surface area contributed by atoms with Crippen LogP contribution in [-0.4, -0.2) is 15.3 Å². The Morgan fingerprint density at radius 1 is 1.30 bits per heavy atom. The van der Waals surface area contributed by atoms with Gasteiger partial charge in [-0.1, -0.05) is 32.6 Å². The van der Waals surface area contributed by atoms with Gasteiger partial charge in [0.15, 0.2) is 0 Å². The van der Waals surface area contributed by atoms with E-state index in [-0.39, 0.29) is 5.54 Å². The molecule has 3 nitrogen and oxygen atoms in total. The van der Waals surface area contributed by atoms with Gasteiger partial charge in [0.2, 0.25) is 0 Å². The van der Waals surface area contributed by atoms with Gasteiger partial charge in [-0.25, -0.2) is 0 Å². The van der Waals surface area contributed by atoms with Crippen molar-refractivity contribution in [2.75, 3.05) is 0 Å². The fraction of sp³-hybridized carbons (Fsp3) is 0.824. The highest BCUT2D eigenvalue weighted by Crippen LogP contribution is 2.36. The summed E-state index contributed by atoms with van der Waals surface area (Å²) in [5, 5.41) is 4.83. The Balaban J connectivity index is 1.62. The molecule has 2 unspecified atom stereocenters. The van der Waals surface area contributed by atoms with Crippen LogP contribution in [0, 0.1) is 5.92 Å². The second kappa shape index (κ2) is 5.88. The fourth-order valence-corrected chi connectivity index (χ4v) is 4.16. The first-order valence-corrected chi connectivity index (χ1v) is 8.51. The standard InChI is InChI=1S/C17H29N3/c1-2-14-8-10-17(18,12-14)13-15-9-11-20(19-15)16-6-4-3-5-7-16/h9,11,14,16H,2-8,10,12-13,18H2,1H3. The molecule has 0 radical (unpaired) electrons. The third-order valence-corrected chi connectivity index (χ3v) is 5.47. The van der Waals surface area contributed by atoms with Crippen molar-refractivity contribution in [3.8, 4) is 0 Å². The first-order valence-electron chi connectivity index (χ1n) is 8.51. The topological polar surface area (TPSA) is 43.8 Å². The normalized spacial score (nSPS) is 31.8. The van der Waals surface area contributed by atoms with Crippen molar-refractivity contribution in [2.45, 2.75) is 82.7 Å². The number of aromatic nitrogens is 2. The van der Waals surface area contributed by atoms with E-state index in [1.54, 1.807) is 0 Å². The van der Waals surface area contributed by atoms with Crippen molar-refractivity contribution in [2.24, 2.45) is 11.7 Å². The summed E-state index contributed by atoms with van der Waals surface area (Å²) in [6.45, 7) is 2.29. The minimum atomic E-state index is 0.00637. The second-order valence-electron chi connectivity index (χ2n) is 7.14. The van der Waals surface area contributed by atoms with Gasteiger partial charge in [-0.15, -0.1) is 0 Å². The Labute approximate surface area is 122 Å². The van der Waals surface area contributed by atoms with Crippen molar-refractivity contribution in [1.82, 2.24) is 9.78 Å². The molecule has 1 aromatic heterocycles. The average Bonchev–Trinajstić information content (AvgIpc) is 3.07. The molecule has 0 amide bonds. The van der Waals surface area contributed by atoms with Gasteiger partial charge in [-0.05, 0) is 44.1 Å². The fourth-order valence-electron chi connectivity index (χ4n) is 4.16. The van der Waals surface area contributed by atoms with Gasteiger partial charge in [0, 0.05) is 18.2 Å². The second-order valence-corrected chi connectivity index (χ2v) is 7.14. The highest BCUT2D eigenvalue weighted by Gasteiger charge is 2.35. The molecule has 0 saturated heterocycles. The molecule has 0 bridgehead atoms. The third-order valence-electron chi connectivity index (χ3n) is 5.47. The van der Waals surface area contributed by atoms with Crippen molar-refractivity contribution < 1.29 is 0 Å². The summed E-state index contributed by atoms with van der Waals surface area (Å²) in [5.41, 5.74) is 7.81. The zero-order valence-corrected chi connectivity index (χ0v) is 12.9. The van der Waals surface area contributed by atoms with E-state index in [0.29, 0.717) is 6.04 Å². The minimum absolute atomic E-state index is 0.00637. The number of nitrogens with two attached hydrogens (primary N) is 1. The van der Waals surface area contributed by atoms with Crippen molar-refractivity contribution >= 4 is 0 Å². The number of hydrogen-bond donors (Lipinski definition) is 1. The molecule has 0 aromatic carbocycles. The molecule has 3 heteroatoms. The van der Waals surface area contributed by atoms with Gasteiger partial charge >= 0.3 is 0 Å². The number of rotatable bonds is 4. The summed E-state index contributed by atoms with van der Waals surface area (Å²) in [4.78, 5) is 0. The highest BCUT2D eigenvalue weighted by atomic mass is 15.3. The molecule has 2 fully saturated rings. The van der Waals surface area contributed by atoms with E-state index in [2.05, 4.69) is 23.9 Å². The van der Waals surface area contributed by atoms with Crippen LogP contribution >= 0.6 is 0 Å². The highest BCUT2D eigenvalue weighted by molar-refractivity contribution is 5.08. The Hall–Kier alpha value is -0.830. The summed E-state index contributed by atoms with van der Waals surface area (Å²) in [6, 6.07) is 2.83. The van der Waals surface area contributed by atoms with Gasteiger partial charge in [0.25, 0.3) is 0 Å². The number of hydrogen-bond acceptors (Lipinski definition) is 2. The van der Waals surface area contributed by atoms with E-state index < -0.39 is 0 Å². The van der Waals surface area contributed by atoms with Crippen LogP contribution in [0.15, 0.2) is 12.3 Å². The van der Waals surface area contributed by atoms with Gasteiger partial charge in [0.05, 0.1) is 11.7 Å². The lowest BCUT2D eigenvalue weighted by molar-refractivity contribution is 0.325. The summed E-state index contributed by atoms with van der Waals surface area (Å²) in [7, 11) is 0. The predicted octanol–water partition coefficient (Wildman–Crippen LogP) is 3.84. The third kappa shape index (κ3) is 3.08. The van der Waals surface area contributed by atoms with Crippen LogP contribution in [-0.2, 0) is 6.42 Å². The Morgan fingerprint density at radius 2 is 2.10 bits per heavy atom. The molecule has 3 rings (SSSR count). The van der Waals surface area contributed by atoms with E-state index in [1.165, 1.54) is 63.5 Å². The average molecular weight is 275 g/mol. The first kappa shape index (κ1) is 14.1. The van der Waals surface area contributed by atoms with Crippen LogP contribution in [0.5, 0.6) is 0 Å². The zero-order valence-electron chi connectivity index (χ0n) is 12.9. The maximum Gasteiger partial charge on any atom is 0.0643 e. The molecule has 1 aromatic rings. The van der Waals surface area contributed by atoms with E-state index in [1.807, 2.05) is 0 Å². The van der Waals surface area contributed by atoms with E-state index in [9.17, 15) is 0 Å². The monoisotopic (exact) mass is 275 g/mol. The van der Waals surface area contributed by atoms with Crippen LogP contribution in [0.3, 0.4) is 0 Å². The van der Waals surface area contributed by atoms with Crippen molar-refractivity contribution in [3.63, 3.8) is 0 Å². The Kier molecular flexibility index (Phi) is 4.16. The summed E-state index contributed by atoms with van der Waals surface area (Å²) in [6.07, 6.45) is 14.8. The molecular formula is C17H29N3. The van der Waals surface area contributed by atoms with Gasteiger partial charge in [-0.2, -0.15) is 5.10 Å². The molecule has 0 aliphatic heterocycles. The van der Waals surface area contributed by atoms with E-state index in [0.717, 1.165) is 12.3 Å². The maximum absolute atomic E-state index is 6.60. The van der Waals surface area contributed by atoms with E-state index in [4.69, 9.17) is 10.8 Å². The van der Waals surface area contributed by atoms with Gasteiger partial charge in [-0.3, -0.25) is 4.68 Å². The molecule has 0 spiro atoms. The number of nitrogens with zero attached hydrogens (tertiary/aromatic N) is 2. The largest absolute Gasteiger partial charge is 0.325 e. The molecule has 2 saturated carbocycles. The van der Waals surface area contributed by atoms with E-state index >= 15 is 0 Å². The molecule has 2 atom stereocenters. The van der Waals surface area contributed by atoms with Crippen molar-refractivity contribution in [1.29, 1.82) is 0 Å². The summed E-state index contributed by atoms with van der Waals surface area (Å²) in [5.74, 6) is 0.834. The quantitative estimate of drug-likeness (QED) is 0.907. The zero-order chi connectivity index (χ0) is 14.0. The first-order chi connectivity index (χ1) is 9.68. The van der Waals surface area contributed by atoms with Crippen LogP contribution in [0.2, 0.25) is 0 Å². The lowest BCUT2D eigenvalue weighted by Crippen LogP contribution is -2.39. The molecule has 2 aliphatic carbocycles. The molecule has 1 heterocycles. The van der Waals surface area contributed by atoms with Gasteiger partial charge in [0.1, 0.15) is 0 Å². The molecule has 2 aliphatic rings. The predicted molar refractivity (Wildman–Crippen MR) is 82.6 cm³/mol. The SMILES string of the molecule is CCC1CCC(N)(Cc2ccn(C3CCCCC3)n2)C1. The molecule has 20 heavy (non-hydrogen) atoms. The Bertz CT molecular complexity index is 433. The molecule has 112 valence electrons. The van der Waals surface area contributed by atoms with Crippen LogP contribution < -0.4 is 5.73 Å². The van der Waals surface area contributed by atoms with Crippen LogP contribution in [0.4, 0.5) is 0 Å². The van der Waals surface area contributed by atoms with Crippen LogP contribution in [0.25, 0.3) is 0 Å². The molecular weight excluding hydrogens is 246 g/mol. The lowest BCUT2D eigenvalue weighted by Gasteiger charge is -2.24. The molecule has 2 N–H and O–H groups in total. The minimum Gasteiger partial charge on any atom is -0.325 e. The maximum atomic E-state index is 6.60.